The van der Waals surface area contributed by atoms with Crippen molar-refractivity contribution in [2.75, 3.05) is 36.4 Å². The molecule has 7 nitrogen and oxygen atoms in total. The van der Waals surface area contributed by atoms with Crippen LogP contribution in [-0.4, -0.2) is 57.6 Å². The molecule has 3 fully saturated rings. The third-order valence-corrected chi connectivity index (χ3v) is 6.22. The number of carbonyl (C=O) groups excluding carboxylic acids is 1. The summed E-state index contributed by atoms with van der Waals surface area (Å²) in [4.78, 5) is 21.6. The van der Waals surface area contributed by atoms with E-state index in [1.165, 1.54) is 45.2 Å². The van der Waals surface area contributed by atoms with E-state index in [1.54, 1.807) is 0 Å². The summed E-state index contributed by atoms with van der Waals surface area (Å²) in [6.45, 7) is 4.63. The fraction of sp³-hybridized carbons (Fsp3) is 0.650. The molecular weight excluding hydrogens is 340 g/mol. The number of hydrogen-bond acceptors (Lipinski definition) is 5. The molecule has 2 aliphatic heterocycles. The largest absolute Gasteiger partial charge is 0.356 e. The number of amides is 1. The van der Waals surface area contributed by atoms with E-state index < -0.39 is 0 Å². The topological polar surface area (TPSA) is 65.8 Å². The fourth-order valence-electron chi connectivity index (χ4n) is 4.49. The van der Waals surface area contributed by atoms with E-state index in [9.17, 15) is 4.79 Å². The van der Waals surface area contributed by atoms with Crippen LogP contribution in [0.4, 0.5) is 11.8 Å². The quantitative estimate of drug-likeness (QED) is 0.898. The van der Waals surface area contributed by atoms with Gasteiger partial charge in [-0.3, -0.25) is 10.1 Å². The van der Waals surface area contributed by atoms with E-state index in [1.807, 2.05) is 16.6 Å². The van der Waals surface area contributed by atoms with E-state index in [0.717, 1.165) is 43.4 Å². The molecule has 2 aromatic rings. The summed E-state index contributed by atoms with van der Waals surface area (Å²) >= 11 is 0. The number of likely N-dealkylation sites (tertiary alicyclic amines) is 1. The van der Waals surface area contributed by atoms with Gasteiger partial charge in [0.1, 0.15) is 5.82 Å². The second kappa shape index (κ2) is 7.11. The zero-order valence-electron chi connectivity index (χ0n) is 15.8. The van der Waals surface area contributed by atoms with Crippen LogP contribution in [-0.2, 0) is 4.79 Å². The fourth-order valence-corrected chi connectivity index (χ4v) is 4.49. The third-order valence-electron chi connectivity index (χ3n) is 6.22. The van der Waals surface area contributed by atoms with Crippen LogP contribution >= 0.6 is 0 Å². The van der Waals surface area contributed by atoms with E-state index in [2.05, 4.69) is 31.3 Å². The Hall–Kier alpha value is -2.15. The first-order valence-electron chi connectivity index (χ1n) is 10.4. The van der Waals surface area contributed by atoms with Crippen molar-refractivity contribution in [2.24, 2.45) is 5.92 Å². The molecule has 0 atom stereocenters. The molecule has 3 aliphatic rings. The maximum absolute atomic E-state index is 12.0. The lowest BCUT2D eigenvalue weighted by molar-refractivity contribution is -0.117. The number of hydrogen-bond donors (Lipinski definition) is 1. The molecule has 144 valence electrons. The van der Waals surface area contributed by atoms with Gasteiger partial charge in [-0.05, 0) is 63.7 Å². The minimum Gasteiger partial charge on any atom is -0.356 e. The SMILES string of the molecule is O=C(Nc1nc2cccc(N3CCC(N4CCCCC4)CC3)n2n1)C1CC1. The molecular formula is C20H28N6O. The van der Waals surface area contributed by atoms with Crippen LogP contribution < -0.4 is 10.2 Å². The Morgan fingerprint density at radius 1 is 1.00 bits per heavy atom. The van der Waals surface area contributed by atoms with Crippen molar-refractivity contribution >= 4 is 23.3 Å². The van der Waals surface area contributed by atoms with Gasteiger partial charge in [-0.2, -0.15) is 9.50 Å². The predicted octanol–water partition coefficient (Wildman–Crippen LogP) is 2.53. The second-order valence-electron chi connectivity index (χ2n) is 8.17. The summed E-state index contributed by atoms with van der Waals surface area (Å²) in [5, 5.41) is 7.43. The van der Waals surface area contributed by atoms with Gasteiger partial charge in [0.15, 0.2) is 5.65 Å². The molecule has 4 heterocycles. The highest BCUT2D eigenvalue weighted by Gasteiger charge is 2.31. The van der Waals surface area contributed by atoms with Crippen molar-refractivity contribution < 1.29 is 4.79 Å². The molecule has 1 saturated carbocycles. The van der Waals surface area contributed by atoms with Gasteiger partial charge in [0.2, 0.25) is 11.9 Å². The highest BCUT2D eigenvalue weighted by molar-refractivity contribution is 5.92. The Balaban J connectivity index is 1.29. The summed E-state index contributed by atoms with van der Waals surface area (Å²) in [6.07, 6.45) is 8.48. The first-order valence-corrected chi connectivity index (χ1v) is 10.4. The lowest BCUT2D eigenvalue weighted by Gasteiger charge is -2.40. The normalized spacial score (nSPS) is 22.3. The van der Waals surface area contributed by atoms with Crippen LogP contribution in [0.1, 0.15) is 44.9 Å². The third kappa shape index (κ3) is 3.52. The van der Waals surface area contributed by atoms with Crippen molar-refractivity contribution in [1.82, 2.24) is 19.5 Å². The number of aromatic nitrogens is 3. The van der Waals surface area contributed by atoms with Gasteiger partial charge in [-0.25, -0.2) is 0 Å². The van der Waals surface area contributed by atoms with Gasteiger partial charge in [-0.1, -0.05) is 12.5 Å². The minimum absolute atomic E-state index is 0.0507. The van der Waals surface area contributed by atoms with E-state index in [-0.39, 0.29) is 11.8 Å². The standard InChI is InChI=1S/C20H28N6O/c27-19(15-7-8-15)22-20-21-17-5-4-6-18(26(17)23-20)25-13-9-16(10-14-25)24-11-2-1-3-12-24/h4-6,15-16H,1-3,7-14H2,(H,22,23,27). The van der Waals surface area contributed by atoms with Crippen LogP contribution in [0.15, 0.2) is 18.2 Å². The van der Waals surface area contributed by atoms with Gasteiger partial charge in [0, 0.05) is 25.0 Å². The van der Waals surface area contributed by atoms with Gasteiger partial charge in [0.05, 0.1) is 0 Å². The lowest BCUT2D eigenvalue weighted by atomic mass is 10.00. The average molecular weight is 368 g/mol. The van der Waals surface area contributed by atoms with Gasteiger partial charge < -0.3 is 9.80 Å². The predicted molar refractivity (Wildman–Crippen MR) is 105 cm³/mol. The number of rotatable bonds is 4. The molecule has 0 aromatic carbocycles. The molecule has 0 unspecified atom stereocenters. The van der Waals surface area contributed by atoms with Crippen molar-refractivity contribution in [3.05, 3.63) is 18.2 Å². The Morgan fingerprint density at radius 2 is 1.78 bits per heavy atom. The number of fused-ring (bicyclic) bond motifs is 1. The molecule has 5 rings (SSSR count). The maximum Gasteiger partial charge on any atom is 0.249 e. The van der Waals surface area contributed by atoms with Crippen LogP contribution in [0, 0.1) is 5.92 Å². The minimum atomic E-state index is 0.0507. The molecule has 2 aromatic heterocycles. The Kier molecular flexibility index (Phi) is 4.47. The monoisotopic (exact) mass is 368 g/mol. The highest BCUT2D eigenvalue weighted by atomic mass is 16.2. The molecule has 27 heavy (non-hydrogen) atoms. The van der Waals surface area contributed by atoms with Crippen LogP contribution in [0.25, 0.3) is 5.65 Å². The second-order valence-corrected chi connectivity index (χ2v) is 8.17. The number of pyridine rings is 1. The smallest absolute Gasteiger partial charge is 0.249 e. The summed E-state index contributed by atoms with van der Waals surface area (Å²) in [5.74, 6) is 1.70. The van der Waals surface area contributed by atoms with E-state index >= 15 is 0 Å². The number of nitrogens with zero attached hydrogens (tertiary/aromatic N) is 5. The van der Waals surface area contributed by atoms with Crippen molar-refractivity contribution in [1.29, 1.82) is 0 Å². The molecule has 2 saturated heterocycles. The lowest BCUT2D eigenvalue weighted by Crippen LogP contribution is -2.47. The zero-order valence-corrected chi connectivity index (χ0v) is 15.8. The molecule has 1 aliphatic carbocycles. The highest BCUT2D eigenvalue weighted by Crippen LogP contribution is 2.30. The summed E-state index contributed by atoms with van der Waals surface area (Å²) in [5.41, 5.74) is 0.789. The van der Waals surface area contributed by atoms with Crippen molar-refractivity contribution in [3.8, 4) is 0 Å². The first-order chi connectivity index (χ1) is 13.3. The zero-order chi connectivity index (χ0) is 18.2. The van der Waals surface area contributed by atoms with Gasteiger partial charge in [-0.15, -0.1) is 5.10 Å². The maximum atomic E-state index is 12.0. The van der Waals surface area contributed by atoms with E-state index in [4.69, 9.17) is 0 Å². The average Bonchev–Trinajstić information content (AvgIpc) is 3.49. The number of anilines is 2. The number of piperidine rings is 2. The number of carbonyl (C=O) groups is 1. The molecule has 0 radical (unpaired) electrons. The Bertz CT molecular complexity index is 815. The molecule has 7 heteroatoms. The Morgan fingerprint density at radius 3 is 2.52 bits per heavy atom. The van der Waals surface area contributed by atoms with Gasteiger partial charge >= 0.3 is 0 Å². The number of nitrogens with one attached hydrogen (secondary N) is 1. The summed E-state index contributed by atoms with van der Waals surface area (Å²) in [6, 6.07) is 6.81. The van der Waals surface area contributed by atoms with Crippen molar-refractivity contribution in [2.45, 2.75) is 51.0 Å². The molecule has 0 spiro atoms. The van der Waals surface area contributed by atoms with Gasteiger partial charge in [0.25, 0.3) is 0 Å². The Labute approximate surface area is 159 Å². The summed E-state index contributed by atoms with van der Waals surface area (Å²) < 4.78 is 1.88. The van der Waals surface area contributed by atoms with Crippen LogP contribution in [0.3, 0.4) is 0 Å². The molecule has 1 N–H and O–H groups in total. The summed E-state index contributed by atoms with van der Waals surface area (Å²) in [7, 11) is 0. The molecule has 1 amide bonds. The van der Waals surface area contributed by atoms with E-state index in [0.29, 0.717) is 5.95 Å². The van der Waals surface area contributed by atoms with Crippen molar-refractivity contribution in [3.63, 3.8) is 0 Å². The molecule has 0 bridgehead atoms. The first kappa shape index (κ1) is 17.0. The van der Waals surface area contributed by atoms with Crippen LogP contribution in [0.5, 0.6) is 0 Å². The van der Waals surface area contributed by atoms with Crippen LogP contribution in [0.2, 0.25) is 0 Å².